The van der Waals surface area contributed by atoms with Crippen LogP contribution in [0.4, 0.5) is 0 Å². The summed E-state index contributed by atoms with van der Waals surface area (Å²) in [6, 6.07) is 7.92. The molecule has 2 aromatic rings. The van der Waals surface area contributed by atoms with Gasteiger partial charge in [0.05, 0.1) is 17.2 Å². The third-order valence-electron chi connectivity index (χ3n) is 3.61. The van der Waals surface area contributed by atoms with Crippen molar-refractivity contribution in [1.29, 1.82) is 0 Å². The second-order valence-electron chi connectivity index (χ2n) is 5.27. The van der Waals surface area contributed by atoms with Gasteiger partial charge in [-0.25, -0.2) is 0 Å². The number of fused-ring (bicyclic) bond motifs is 1. The Morgan fingerprint density at radius 2 is 2.35 bits per heavy atom. The van der Waals surface area contributed by atoms with E-state index in [1.54, 1.807) is 6.20 Å². The molecular weight excluding hydrogens is 252 g/mol. The summed E-state index contributed by atoms with van der Waals surface area (Å²) in [4.78, 5) is 16.5. The van der Waals surface area contributed by atoms with Crippen LogP contribution in [0.3, 0.4) is 0 Å². The number of carbonyl (C=O) groups excluding carboxylic acids is 1. The molecule has 1 aliphatic rings. The number of hydrogen-bond donors (Lipinski definition) is 1. The number of aryl methyl sites for hydroxylation is 1. The third kappa shape index (κ3) is 2.80. The molecule has 1 aromatic carbocycles. The Labute approximate surface area is 118 Å². The van der Waals surface area contributed by atoms with Crippen molar-refractivity contribution in [2.75, 3.05) is 13.2 Å². The lowest BCUT2D eigenvalue weighted by Crippen LogP contribution is -2.31. The highest BCUT2D eigenvalue weighted by molar-refractivity contribution is 5.97. The Kier molecular flexibility index (Phi) is 3.65. The Hall–Kier alpha value is -1.94. The number of rotatable bonds is 3. The van der Waals surface area contributed by atoms with Crippen molar-refractivity contribution in [3.8, 4) is 0 Å². The SMILES string of the molecule is Cc1ccc2ncc(C(=O)NCC3CCCO3)cc2c1. The van der Waals surface area contributed by atoms with Gasteiger partial charge in [0.15, 0.2) is 0 Å². The molecule has 4 heteroatoms. The smallest absolute Gasteiger partial charge is 0.252 e. The van der Waals surface area contributed by atoms with E-state index >= 15 is 0 Å². The maximum atomic E-state index is 12.1. The van der Waals surface area contributed by atoms with Gasteiger partial charge in [-0.15, -0.1) is 0 Å². The molecule has 4 nitrogen and oxygen atoms in total. The maximum absolute atomic E-state index is 12.1. The molecule has 0 radical (unpaired) electrons. The summed E-state index contributed by atoms with van der Waals surface area (Å²) in [5.41, 5.74) is 2.67. The molecule has 0 aliphatic carbocycles. The van der Waals surface area contributed by atoms with Crippen molar-refractivity contribution in [2.24, 2.45) is 0 Å². The predicted molar refractivity (Wildman–Crippen MR) is 77.8 cm³/mol. The second-order valence-corrected chi connectivity index (χ2v) is 5.27. The van der Waals surface area contributed by atoms with Gasteiger partial charge in [0.25, 0.3) is 5.91 Å². The van der Waals surface area contributed by atoms with Gasteiger partial charge < -0.3 is 10.1 Å². The Balaban J connectivity index is 1.73. The minimum Gasteiger partial charge on any atom is -0.376 e. The van der Waals surface area contributed by atoms with Gasteiger partial charge in [-0.05, 0) is 38.0 Å². The monoisotopic (exact) mass is 270 g/mol. The van der Waals surface area contributed by atoms with Gasteiger partial charge in [0, 0.05) is 24.7 Å². The molecule has 104 valence electrons. The van der Waals surface area contributed by atoms with Gasteiger partial charge in [-0.3, -0.25) is 9.78 Å². The van der Waals surface area contributed by atoms with Crippen molar-refractivity contribution < 1.29 is 9.53 Å². The third-order valence-corrected chi connectivity index (χ3v) is 3.61. The van der Waals surface area contributed by atoms with Crippen molar-refractivity contribution in [2.45, 2.75) is 25.9 Å². The normalized spacial score (nSPS) is 18.4. The van der Waals surface area contributed by atoms with E-state index in [-0.39, 0.29) is 12.0 Å². The second kappa shape index (κ2) is 5.59. The van der Waals surface area contributed by atoms with Gasteiger partial charge in [0.2, 0.25) is 0 Å². The number of nitrogens with zero attached hydrogens (tertiary/aromatic N) is 1. The molecular formula is C16H18N2O2. The summed E-state index contributed by atoms with van der Waals surface area (Å²) in [6.07, 6.45) is 3.89. The zero-order valence-corrected chi connectivity index (χ0v) is 11.6. The van der Waals surface area contributed by atoms with Crippen LogP contribution in [0.2, 0.25) is 0 Å². The lowest BCUT2D eigenvalue weighted by molar-refractivity contribution is 0.0857. The fraction of sp³-hybridized carbons (Fsp3) is 0.375. The zero-order chi connectivity index (χ0) is 13.9. The number of aromatic nitrogens is 1. The van der Waals surface area contributed by atoms with Gasteiger partial charge in [-0.1, -0.05) is 11.6 Å². The van der Waals surface area contributed by atoms with Crippen LogP contribution in [0.1, 0.15) is 28.8 Å². The summed E-state index contributed by atoms with van der Waals surface area (Å²) < 4.78 is 5.49. The van der Waals surface area contributed by atoms with Crippen molar-refractivity contribution in [3.63, 3.8) is 0 Å². The molecule has 1 aliphatic heterocycles. The van der Waals surface area contributed by atoms with Crippen LogP contribution in [0, 0.1) is 6.92 Å². The number of benzene rings is 1. The molecule has 1 fully saturated rings. The summed E-state index contributed by atoms with van der Waals surface area (Å²) in [5, 5.41) is 3.91. The lowest BCUT2D eigenvalue weighted by atomic mass is 10.1. The molecule has 3 rings (SSSR count). The topological polar surface area (TPSA) is 51.2 Å². The first-order chi connectivity index (χ1) is 9.72. The number of pyridine rings is 1. The summed E-state index contributed by atoms with van der Waals surface area (Å²) in [7, 11) is 0. The summed E-state index contributed by atoms with van der Waals surface area (Å²) in [5.74, 6) is -0.0867. The zero-order valence-electron chi connectivity index (χ0n) is 11.6. The predicted octanol–water partition coefficient (Wildman–Crippen LogP) is 2.45. The highest BCUT2D eigenvalue weighted by Crippen LogP contribution is 2.15. The summed E-state index contributed by atoms with van der Waals surface area (Å²) >= 11 is 0. The van der Waals surface area contributed by atoms with Crippen LogP contribution in [-0.2, 0) is 4.74 Å². The molecule has 1 atom stereocenters. The van der Waals surface area contributed by atoms with E-state index < -0.39 is 0 Å². The molecule has 1 unspecified atom stereocenters. The van der Waals surface area contributed by atoms with Crippen molar-refractivity contribution in [1.82, 2.24) is 10.3 Å². The molecule has 20 heavy (non-hydrogen) atoms. The van der Waals surface area contributed by atoms with Crippen LogP contribution in [0.5, 0.6) is 0 Å². The van der Waals surface area contributed by atoms with Crippen LogP contribution in [0.15, 0.2) is 30.5 Å². The van der Waals surface area contributed by atoms with Gasteiger partial charge in [0.1, 0.15) is 0 Å². The van der Waals surface area contributed by atoms with E-state index in [1.165, 1.54) is 0 Å². The lowest BCUT2D eigenvalue weighted by Gasteiger charge is -2.11. The first-order valence-corrected chi connectivity index (χ1v) is 6.98. The van der Waals surface area contributed by atoms with E-state index in [0.29, 0.717) is 12.1 Å². The first-order valence-electron chi connectivity index (χ1n) is 6.98. The molecule has 0 bridgehead atoms. The van der Waals surface area contributed by atoms with E-state index in [0.717, 1.165) is 35.9 Å². The van der Waals surface area contributed by atoms with Crippen LogP contribution >= 0.6 is 0 Å². The van der Waals surface area contributed by atoms with Gasteiger partial charge >= 0.3 is 0 Å². The molecule has 1 amide bonds. The molecule has 1 saturated heterocycles. The average Bonchev–Trinajstić information content (AvgIpc) is 2.97. The first kappa shape index (κ1) is 13.1. The maximum Gasteiger partial charge on any atom is 0.252 e. The average molecular weight is 270 g/mol. The minimum absolute atomic E-state index is 0.0867. The number of hydrogen-bond acceptors (Lipinski definition) is 3. The van der Waals surface area contributed by atoms with E-state index in [4.69, 9.17) is 4.74 Å². The number of carbonyl (C=O) groups is 1. The molecule has 2 heterocycles. The number of ether oxygens (including phenoxy) is 1. The van der Waals surface area contributed by atoms with Crippen molar-refractivity contribution in [3.05, 3.63) is 41.6 Å². The van der Waals surface area contributed by atoms with Crippen LogP contribution in [0.25, 0.3) is 10.9 Å². The standard InChI is InChI=1S/C16H18N2O2/c1-11-4-5-15-12(7-11)8-13(9-17-15)16(19)18-10-14-3-2-6-20-14/h4-5,7-9,14H,2-3,6,10H2,1H3,(H,18,19). The Morgan fingerprint density at radius 1 is 1.45 bits per heavy atom. The molecule has 1 aromatic heterocycles. The van der Waals surface area contributed by atoms with E-state index in [9.17, 15) is 4.79 Å². The van der Waals surface area contributed by atoms with Crippen LogP contribution < -0.4 is 5.32 Å². The fourth-order valence-corrected chi connectivity index (χ4v) is 2.49. The van der Waals surface area contributed by atoms with E-state index in [1.807, 2.05) is 31.2 Å². The minimum atomic E-state index is -0.0867. The molecule has 0 spiro atoms. The Morgan fingerprint density at radius 3 is 3.15 bits per heavy atom. The quantitative estimate of drug-likeness (QED) is 0.932. The Bertz CT molecular complexity index is 633. The highest BCUT2D eigenvalue weighted by Gasteiger charge is 2.16. The number of nitrogens with one attached hydrogen (secondary N) is 1. The summed E-state index contributed by atoms with van der Waals surface area (Å²) in [6.45, 7) is 3.41. The van der Waals surface area contributed by atoms with Gasteiger partial charge in [-0.2, -0.15) is 0 Å². The fourth-order valence-electron chi connectivity index (χ4n) is 2.49. The molecule has 1 N–H and O–H groups in total. The van der Waals surface area contributed by atoms with Crippen LogP contribution in [-0.4, -0.2) is 30.1 Å². The number of amides is 1. The molecule has 0 saturated carbocycles. The highest BCUT2D eigenvalue weighted by atomic mass is 16.5. The van der Waals surface area contributed by atoms with Crippen molar-refractivity contribution >= 4 is 16.8 Å². The largest absolute Gasteiger partial charge is 0.376 e. The van der Waals surface area contributed by atoms with E-state index in [2.05, 4.69) is 10.3 Å².